The van der Waals surface area contributed by atoms with Crippen LogP contribution in [0.4, 0.5) is 0 Å². The van der Waals surface area contributed by atoms with Gasteiger partial charge in [0.05, 0.1) is 64.0 Å². The molecule has 0 saturated carbocycles. The zero-order chi connectivity index (χ0) is 43.8. The van der Waals surface area contributed by atoms with Crippen molar-refractivity contribution in [2.24, 2.45) is 0 Å². The summed E-state index contributed by atoms with van der Waals surface area (Å²) in [5, 5.41) is 0. The molecule has 0 bridgehead atoms. The monoisotopic (exact) mass is 852 g/mol. The van der Waals surface area contributed by atoms with Crippen molar-refractivity contribution in [3.63, 3.8) is 0 Å². The molecule has 1 fully saturated rings. The summed E-state index contributed by atoms with van der Waals surface area (Å²) in [6.07, 6.45) is 5.49. The second-order valence-corrected chi connectivity index (χ2v) is 13.8. The average molecular weight is 853 g/mol. The Morgan fingerprint density at radius 2 is 0.839 bits per heavy atom. The smallest absolute Gasteiger partial charge is 0.343 e. The lowest BCUT2D eigenvalue weighted by Gasteiger charge is -2.31. The molecular formula is C48H52O14. The van der Waals surface area contributed by atoms with Crippen LogP contribution in [0, 0.1) is 0 Å². The lowest BCUT2D eigenvalue weighted by Crippen LogP contribution is -2.41. The van der Waals surface area contributed by atoms with E-state index in [4.69, 9.17) is 47.4 Å². The van der Waals surface area contributed by atoms with Crippen molar-refractivity contribution in [2.75, 3.05) is 39.6 Å². The van der Waals surface area contributed by atoms with E-state index in [1.807, 2.05) is 0 Å². The molecule has 14 nitrogen and oxygen atoms in total. The predicted octanol–water partition coefficient (Wildman–Crippen LogP) is 8.11. The molecule has 4 aromatic carbocycles. The number of esters is 4. The molecule has 1 aliphatic rings. The van der Waals surface area contributed by atoms with Crippen LogP contribution in [0.3, 0.4) is 0 Å². The minimum atomic E-state index is -0.778. The summed E-state index contributed by atoms with van der Waals surface area (Å²) in [6, 6.07) is 27.4. The van der Waals surface area contributed by atoms with Gasteiger partial charge in [0, 0.05) is 12.2 Å². The number of ether oxygens (including phenoxy) is 10. The Labute approximate surface area is 361 Å². The van der Waals surface area contributed by atoms with Crippen LogP contribution in [-0.2, 0) is 51.2 Å². The summed E-state index contributed by atoms with van der Waals surface area (Å²) in [5.74, 6) is 0.178. The Morgan fingerprint density at radius 1 is 0.484 bits per heavy atom. The first-order chi connectivity index (χ1) is 30.3. The molecule has 328 valence electrons. The Bertz CT molecular complexity index is 1860. The molecule has 0 radical (unpaired) electrons. The highest BCUT2D eigenvalue weighted by molar-refractivity contribution is 5.91. The van der Waals surface area contributed by atoms with E-state index >= 15 is 0 Å². The van der Waals surface area contributed by atoms with Gasteiger partial charge >= 0.3 is 23.9 Å². The van der Waals surface area contributed by atoms with Crippen LogP contribution in [0.1, 0.15) is 70.4 Å². The van der Waals surface area contributed by atoms with E-state index in [1.54, 1.807) is 97.1 Å². The largest absolute Gasteiger partial charge is 0.494 e. The summed E-state index contributed by atoms with van der Waals surface area (Å²) in [6.45, 7) is 9.51. The Balaban J connectivity index is 0.970. The number of hydrogen-bond donors (Lipinski definition) is 0. The normalized spacial score (nSPS) is 14.5. The molecule has 0 spiro atoms. The van der Waals surface area contributed by atoms with E-state index in [0.717, 1.165) is 61.8 Å². The van der Waals surface area contributed by atoms with E-state index < -0.39 is 36.5 Å². The van der Waals surface area contributed by atoms with Crippen LogP contribution in [0.25, 0.3) is 0 Å². The molecule has 62 heavy (non-hydrogen) atoms. The van der Waals surface area contributed by atoms with Crippen LogP contribution in [0.2, 0.25) is 0 Å². The second kappa shape index (κ2) is 26.1. The summed E-state index contributed by atoms with van der Waals surface area (Å²) in [7, 11) is 0. The van der Waals surface area contributed by atoms with Crippen molar-refractivity contribution >= 4 is 23.9 Å². The standard InChI is InChI=1S/C48H52O14/c1-3-43(49)55-29-9-5-7-27-53-39-23-15-37(16-24-39)45(51)61-41-19-11-35(12-20-41)33-59-47-48(58-32-31-57-47)60-34-36-13-21-42(22-14-36)62-46(52)38-17-25-40(26-18-38)54-28-8-6-10-30-56-44(50)4-2/h3-4,11-26,47-48H,1-2,5-10,27-34H2/t47-,48-/m0/s1. The van der Waals surface area contributed by atoms with Gasteiger partial charge in [-0.3, -0.25) is 0 Å². The molecular weight excluding hydrogens is 801 g/mol. The highest BCUT2D eigenvalue weighted by atomic mass is 16.8. The number of hydrogen-bond acceptors (Lipinski definition) is 14. The third-order valence-corrected chi connectivity index (χ3v) is 9.08. The van der Waals surface area contributed by atoms with Gasteiger partial charge in [0.25, 0.3) is 0 Å². The van der Waals surface area contributed by atoms with Gasteiger partial charge < -0.3 is 47.4 Å². The highest BCUT2D eigenvalue weighted by Crippen LogP contribution is 2.22. The lowest BCUT2D eigenvalue weighted by atomic mass is 10.2. The van der Waals surface area contributed by atoms with Gasteiger partial charge in [0.15, 0.2) is 0 Å². The number of carbonyl (C=O) groups excluding carboxylic acids is 4. The molecule has 4 aromatic rings. The fourth-order valence-corrected chi connectivity index (χ4v) is 5.71. The van der Waals surface area contributed by atoms with E-state index in [0.29, 0.717) is 73.8 Å². The quantitative estimate of drug-likeness (QED) is 0.0258. The van der Waals surface area contributed by atoms with Crippen LogP contribution in [0.5, 0.6) is 23.0 Å². The number of carbonyl (C=O) groups is 4. The first-order valence-corrected chi connectivity index (χ1v) is 20.4. The molecule has 2 atom stereocenters. The highest BCUT2D eigenvalue weighted by Gasteiger charge is 2.29. The summed E-state index contributed by atoms with van der Waals surface area (Å²) in [5.41, 5.74) is 2.40. The maximum Gasteiger partial charge on any atom is 0.343 e. The van der Waals surface area contributed by atoms with E-state index in [-0.39, 0.29) is 13.2 Å². The molecule has 0 aromatic heterocycles. The number of benzene rings is 4. The molecule has 1 aliphatic heterocycles. The first-order valence-electron chi connectivity index (χ1n) is 20.4. The third-order valence-electron chi connectivity index (χ3n) is 9.08. The van der Waals surface area contributed by atoms with Crippen molar-refractivity contribution in [2.45, 2.75) is 64.3 Å². The van der Waals surface area contributed by atoms with E-state index in [2.05, 4.69) is 13.2 Å². The second-order valence-electron chi connectivity index (χ2n) is 13.8. The van der Waals surface area contributed by atoms with Crippen LogP contribution in [-0.4, -0.2) is 76.1 Å². The average Bonchev–Trinajstić information content (AvgIpc) is 3.30. The van der Waals surface area contributed by atoms with Crippen LogP contribution in [0.15, 0.2) is 122 Å². The fourth-order valence-electron chi connectivity index (χ4n) is 5.71. The van der Waals surface area contributed by atoms with Gasteiger partial charge in [-0.05, 0) is 122 Å². The minimum absolute atomic E-state index is 0.195. The molecule has 1 saturated heterocycles. The van der Waals surface area contributed by atoms with Gasteiger partial charge in [0.1, 0.15) is 23.0 Å². The van der Waals surface area contributed by atoms with E-state index in [9.17, 15) is 19.2 Å². The number of unbranched alkanes of at least 4 members (excludes halogenated alkanes) is 4. The third kappa shape index (κ3) is 16.6. The summed E-state index contributed by atoms with van der Waals surface area (Å²) >= 11 is 0. The number of rotatable bonds is 26. The molecule has 1 heterocycles. The Morgan fingerprint density at radius 3 is 1.21 bits per heavy atom. The predicted molar refractivity (Wildman–Crippen MR) is 226 cm³/mol. The van der Waals surface area contributed by atoms with Crippen molar-refractivity contribution < 1.29 is 66.5 Å². The topological polar surface area (TPSA) is 161 Å². The molecule has 0 unspecified atom stereocenters. The van der Waals surface area contributed by atoms with Crippen molar-refractivity contribution in [1.29, 1.82) is 0 Å². The summed E-state index contributed by atoms with van der Waals surface area (Å²) in [4.78, 5) is 47.6. The Kier molecular flexibility index (Phi) is 19.7. The van der Waals surface area contributed by atoms with Crippen molar-refractivity contribution in [1.82, 2.24) is 0 Å². The first kappa shape index (κ1) is 46.7. The lowest BCUT2D eigenvalue weighted by molar-refractivity contribution is -0.326. The van der Waals surface area contributed by atoms with Gasteiger partial charge in [-0.2, -0.15) is 0 Å². The van der Waals surface area contributed by atoms with Gasteiger partial charge in [-0.1, -0.05) is 37.4 Å². The fraction of sp³-hybridized carbons (Fsp3) is 0.333. The zero-order valence-electron chi connectivity index (χ0n) is 34.6. The van der Waals surface area contributed by atoms with Gasteiger partial charge in [-0.15, -0.1) is 0 Å². The molecule has 0 amide bonds. The maximum atomic E-state index is 12.8. The van der Waals surface area contributed by atoms with E-state index in [1.165, 1.54) is 0 Å². The van der Waals surface area contributed by atoms with Crippen LogP contribution < -0.4 is 18.9 Å². The molecule has 5 rings (SSSR count). The Hall–Kier alpha value is -6.32. The van der Waals surface area contributed by atoms with Crippen molar-refractivity contribution in [3.8, 4) is 23.0 Å². The van der Waals surface area contributed by atoms with Gasteiger partial charge in [-0.25, -0.2) is 19.2 Å². The SMILES string of the molecule is C=CC(=O)OCCCCCOc1ccc(C(=O)Oc2ccc(CO[C@@H]3OCCO[C@H]3OCc3ccc(OC(=O)c4ccc(OCCCCCOC(=O)C=C)cc4)cc3)cc2)cc1. The molecule has 0 N–H and O–H groups in total. The molecule has 0 aliphatic carbocycles. The maximum absolute atomic E-state index is 12.8. The van der Waals surface area contributed by atoms with Gasteiger partial charge in [0.2, 0.25) is 12.6 Å². The van der Waals surface area contributed by atoms with Crippen LogP contribution >= 0.6 is 0 Å². The minimum Gasteiger partial charge on any atom is -0.494 e. The molecule has 14 heteroatoms. The zero-order valence-corrected chi connectivity index (χ0v) is 34.6. The van der Waals surface area contributed by atoms with Crippen molar-refractivity contribution in [3.05, 3.63) is 145 Å². The summed E-state index contributed by atoms with van der Waals surface area (Å²) < 4.78 is 56.1.